The van der Waals surface area contributed by atoms with Gasteiger partial charge in [0.1, 0.15) is 0 Å². The minimum atomic E-state index is -0.222. The molecule has 0 aliphatic heterocycles. The van der Waals surface area contributed by atoms with Crippen LogP contribution in [0.4, 0.5) is 11.4 Å². The molecule has 0 spiro atoms. The Hall–Kier alpha value is -1.88. The van der Waals surface area contributed by atoms with Crippen LogP contribution >= 0.6 is 15.9 Å². The normalized spacial score (nSPS) is 10.2. The van der Waals surface area contributed by atoms with E-state index in [-0.39, 0.29) is 5.78 Å². The third-order valence-electron chi connectivity index (χ3n) is 2.36. The summed E-state index contributed by atoms with van der Waals surface area (Å²) in [5, 5.41) is 0. The number of pyridine rings is 1. The first-order valence-electron chi connectivity index (χ1n) is 4.89. The predicted octanol–water partition coefficient (Wildman–Crippen LogP) is 2.24. The van der Waals surface area contributed by atoms with Crippen molar-refractivity contribution < 1.29 is 4.79 Å². The van der Waals surface area contributed by atoms with Crippen LogP contribution in [0.3, 0.4) is 0 Å². The van der Waals surface area contributed by atoms with Crippen LogP contribution in [0.1, 0.15) is 15.9 Å². The Kier molecular flexibility index (Phi) is 3.10. The number of benzene rings is 1. The second kappa shape index (κ2) is 4.55. The highest BCUT2D eigenvalue weighted by Crippen LogP contribution is 2.23. The fourth-order valence-corrected chi connectivity index (χ4v) is 1.86. The Morgan fingerprint density at radius 2 is 1.88 bits per heavy atom. The predicted molar refractivity (Wildman–Crippen MR) is 70.6 cm³/mol. The van der Waals surface area contributed by atoms with E-state index in [9.17, 15) is 4.79 Å². The molecule has 2 aromatic rings. The molecular formula is C12H10BrN3O. The highest BCUT2D eigenvalue weighted by Gasteiger charge is 2.15. The minimum Gasteiger partial charge on any atom is -0.398 e. The molecule has 4 nitrogen and oxygen atoms in total. The van der Waals surface area contributed by atoms with Crippen molar-refractivity contribution >= 4 is 33.1 Å². The number of nitrogens with two attached hydrogens (primary N) is 2. The van der Waals surface area contributed by atoms with Gasteiger partial charge in [0.15, 0.2) is 5.78 Å². The molecule has 4 N–H and O–H groups in total. The van der Waals surface area contributed by atoms with Crippen LogP contribution in [0.2, 0.25) is 0 Å². The third kappa shape index (κ3) is 2.29. The summed E-state index contributed by atoms with van der Waals surface area (Å²) in [6.07, 6.45) is 2.98. The number of halogens is 1. The number of ketones is 1. The van der Waals surface area contributed by atoms with Crippen LogP contribution in [0, 0.1) is 0 Å². The lowest BCUT2D eigenvalue weighted by Gasteiger charge is -2.06. The number of nitrogens with zero attached hydrogens (tertiary/aromatic N) is 1. The number of carbonyl (C=O) groups excluding carboxylic acids is 1. The van der Waals surface area contributed by atoms with Gasteiger partial charge in [-0.2, -0.15) is 0 Å². The molecule has 0 atom stereocenters. The fourth-order valence-electron chi connectivity index (χ4n) is 1.48. The molecule has 5 heteroatoms. The summed E-state index contributed by atoms with van der Waals surface area (Å²) in [7, 11) is 0. The summed E-state index contributed by atoms with van der Waals surface area (Å²) in [4.78, 5) is 16.1. The van der Waals surface area contributed by atoms with Gasteiger partial charge >= 0.3 is 0 Å². The number of hydrogen-bond donors (Lipinski definition) is 2. The minimum absolute atomic E-state index is 0.222. The Bertz CT molecular complexity index is 584. The van der Waals surface area contributed by atoms with Crippen molar-refractivity contribution in [1.29, 1.82) is 0 Å². The molecule has 1 aromatic carbocycles. The SMILES string of the molecule is Nc1cc(Br)ccc1C(=O)c1cnccc1N. The first-order chi connectivity index (χ1) is 8.09. The van der Waals surface area contributed by atoms with Crippen molar-refractivity contribution in [2.24, 2.45) is 0 Å². The second-order valence-corrected chi connectivity index (χ2v) is 4.44. The van der Waals surface area contributed by atoms with E-state index in [4.69, 9.17) is 11.5 Å². The summed E-state index contributed by atoms with van der Waals surface area (Å²) < 4.78 is 0.825. The van der Waals surface area contributed by atoms with Crippen LogP contribution in [0.5, 0.6) is 0 Å². The van der Waals surface area contributed by atoms with E-state index in [1.807, 2.05) is 0 Å². The van der Waals surface area contributed by atoms with Crippen molar-refractivity contribution in [1.82, 2.24) is 4.98 Å². The summed E-state index contributed by atoms with van der Waals surface area (Å²) >= 11 is 3.29. The molecule has 17 heavy (non-hydrogen) atoms. The van der Waals surface area contributed by atoms with Gasteiger partial charge in [-0.15, -0.1) is 0 Å². The maximum Gasteiger partial charge on any atom is 0.198 e. The number of aromatic nitrogens is 1. The lowest BCUT2D eigenvalue weighted by molar-refractivity contribution is 0.104. The zero-order valence-corrected chi connectivity index (χ0v) is 10.4. The maximum absolute atomic E-state index is 12.2. The third-order valence-corrected chi connectivity index (χ3v) is 2.85. The van der Waals surface area contributed by atoms with Crippen molar-refractivity contribution in [2.45, 2.75) is 0 Å². The van der Waals surface area contributed by atoms with Gasteiger partial charge in [-0.1, -0.05) is 15.9 Å². The monoisotopic (exact) mass is 291 g/mol. The number of carbonyl (C=O) groups is 1. The van der Waals surface area contributed by atoms with E-state index in [1.54, 1.807) is 24.3 Å². The van der Waals surface area contributed by atoms with E-state index < -0.39 is 0 Å². The van der Waals surface area contributed by atoms with Crippen molar-refractivity contribution in [3.8, 4) is 0 Å². The second-order valence-electron chi connectivity index (χ2n) is 3.52. The zero-order chi connectivity index (χ0) is 12.4. The molecular weight excluding hydrogens is 282 g/mol. The fraction of sp³-hybridized carbons (Fsp3) is 0. The van der Waals surface area contributed by atoms with Gasteiger partial charge in [0.05, 0.1) is 5.56 Å². The Morgan fingerprint density at radius 3 is 2.53 bits per heavy atom. The van der Waals surface area contributed by atoms with E-state index in [0.717, 1.165) is 4.47 Å². The van der Waals surface area contributed by atoms with E-state index in [0.29, 0.717) is 22.5 Å². The number of hydrogen-bond acceptors (Lipinski definition) is 4. The van der Waals surface area contributed by atoms with Crippen molar-refractivity contribution in [2.75, 3.05) is 11.5 Å². The summed E-state index contributed by atoms with van der Waals surface area (Å²) in [6.45, 7) is 0. The molecule has 0 saturated heterocycles. The topological polar surface area (TPSA) is 82.0 Å². The van der Waals surface area contributed by atoms with Crippen molar-refractivity contribution in [3.05, 3.63) is 52.3 Å². The molecule has 1 heterocycles. The van der Waals surface area contributed by atoms with Crippen LogP contribution in [0.15, 0.2) is 41.1 Å². The number of anilines is 2. The summed E-state index contributed by atoms with van der Waals surface area (Å²) in [6, 6.07) is 6.69. The van der Waals surface area contributed by atoms with Crippen LogP contribution < -0.4 is 11.5 Å². The standard InChI is InChI=1S/C12H10BrN3O/c13-7-1-2-8(11(15)5-7)12(17)9-6-16-4-3-10(9)14/h1-6H,15H2,(H2,14,16). The van der Waals surface area contributed by atoms with E-state index in [2.05, 4.69) is 20.9 Å². The summed E-state index contributed by atoms with van der Waals surface area (Å²) in [5.41, 5.74) is 13.1. The average molecular weight is 292 g/mol. The molecule has 2 rings (SSSR count). The Balaban J connectivity index is 2.48. The molecule has 0 amide bonds. The molecule has 0 bridgehead atoms. The van der Waals surface area contributed by atoms with Crippen LogP contribution in [0.25, 0.3) is 0 Å². The molecule has 0 saturated carbocycles. The Labute approximate surface area is 107 Å². The van der Waals surface area contributed by atoms with Gasteiger partial charge in [-0.25, -0.2) is 0 Å². The van der Waals surface area contributed by atoms with Crippen LogP contribution in [-0.4, -0.2) is 10.8 Å². The molecule has 0 unspecified atom stereocenters. The molecule has 86 valence electrons. The summed E-state index contributed by atoms with van der Waals surface area (Å²) in [5.74, 6) is -0.222. The molecule has 0 radical (unpaired) electrons. The van der Waals surface area contributed by atoms with Gasteiger partial charge in [0.2, 0.25) is 0 Å². The molecule has 0 aliphatic rings. The van der Waals surface area contributed by atoms with Crippen LogP contribution in [-0.2, 0) is 0 Å². The van der Waals surface area contributed by atoms with Gasteiger partial charge in [0, 0.05) is 33.8 Å². The smallest absolute Gasteiger partial charge is 0.198 e. The van der Waals surface area contributed by atoms with Crippen molar-refractivity contribution in [3.63, 3.8) is 0 Å². The highest BCUT2D eigenvalue weighted by atomic mass is 79.9. The highest BCUT2D eigenvalue weighted by molar-refractivity contribution is 9.10. The number of rotatable bonds is 2. The van der Waals surface area contributed by atoms with Gasteiger partial charge in [0.25, 0.3) is 0 Å². The van der Waals surface area contributed by atoms with Gasteiger partial charge in [-0.3, -0.25) is 9.78 Å². The quantitative estimate of drug-likeness (QED) is 0.657. The average Bonchev–Trinajstić information content (AvgIpc) is 2.29. The Morgan fingerprint density at radius 1 is 1.12 bits per heavy atom. The van der Waals surface area contributed by atoms with Gasteiger partial charge in [-0.05, 0) is 24.3 Å². The van der Waals surface area contributed by atoms with E-state index in [1.165, 1.54) is 12.4 Å². The largest absolute Gasteiger partial charge is 0.398 e. The first-order valence-corrected chi connectivity index (χ1v) is 5.68. The molecule has 0 aliphatic carbocycles. The lowest BCUT2D eigenvalue weighted by Crippen LogP contribution is -2.08. The van der Waals surface area contributed by atoms with E-state index >= 15 is 0 Å². The molecule has 0 fully saturated rings. The first kappa shape index (κ1) is 11.6. The molecule has 1 aromatic heterocycles. The number of nitrogen functional groups attached to an aromatic ring is 2. The maximum atomic E-state index is 12.2. The zero-order valence-electron chi connectivity index (χ0n) is 8.85. The lowest BCUT2D eigenvalue weighted by atomic mass is 10.0. The van der Waals surface area contributed by atoms with Gasteiger partial charge < -0.3 is 11.5 Å².